The third-order valence-electron chi connectivity index (χ3n) is 2.71. The summed E-state index contributed by atoms with van der Waals surface area (Å²) in [6.07, 6.45) is 1.96. The number of hydrogen-bond acceptors (Lipinski definition) is 4. The molecule has 0 spiro atoms. The number of hydrogen-bond donors (Lipinski definition) is 1. The lowest BCUT2D eigenvalue weighted by Crippen LogP contribution is -2.27. The predicted octanol–water partition coefficient (Wildman–Crippen LogP) is 2.11. The number of nitrogens with zero attached hydrogens (tertiary/aromatic N) is 3. The molecule has 0 unspecified atom stereocenters. The molecule has 0 atom stereocenters. The van der Waals surface area contributed by atoms with Crippen LogP contribution in [-0.4, -0.2) is 39.3 Å². The number of amides is 1. The highest BCUT2D eigenvalue weighted by Crippen LogP contribution is 2.21. The maximum absolute atomic E-state index is 12.4. The Kier molecular flexibility index (Phi) is 4.21. The van der Waals surface area contributed by atoms with Crippen molar-refractivity contribution >= 4 is 17.7 Å². The highest BCUT2D eigenvalue weighted by Gasteiger charge is 2.16. The molecule has 0 radical (unpaired) electrons. The summed E-state index contributed by atoms with van der Waals surface area (Å²) in [4.78, 5) is 19.2. The summed E-state index contributed by atoms with van der Waals surface area (Å²) >= 11 is 1.57. The highest BCUT2D eigenvalue weighted by molar-refractivity contribution is 7.98. The zero-order valence-corrected chi connectivity index (χ0v) is 12.0. The molecule has 0 fully saturated rings. The minimum atomic E-state index is -0.0209. The Balaban J connectivity index is 2.14. The van der Waals surface area contributed by atoms with E-state index in [1.165, 1.54) is 0 Å². The van der Waals surface area contributed by atoms with Gasteiger partial charge >= 0.3 is 0 Å². The molecule has 0 aliphatic heterocycles. The second-order valence-electron chi connectivity index (χ2n) is 4.20. The van der Waals surface area contributed by atoms with Gasteiger partial charge in [0.05, 0.1) is 12.1 Å². The molecule has 1 aromatic carbocycles. The van der Waals surface area contributed by atoms with E-state index in [-0.39, 0.29) is 5.91 Å². The molecule has 1 amide bonds. The largest absolute Gasteiger partial charge is 0.334 e. The lowest BCUT2D eigenvalue weighted by atomic mass is 10.2. The number of thioether (sulfide) groups is 1. The van der Waals surface area contributed by atoms with Crippen molar-refractivity contribution in [3.05, 3.63) is 41.5 Å². The Bertz CT molecular complexity index is 582. The number of aryl methyl sites for hydroxylation is 1. The van der Waals surface area contributed by atoms with E-state index in [1.54, 1.807) is 23.7 Å². The molecule has 5 nitrogen and oxygen atoms in total. The van der Waals surface area contributed by atoms with Crippen LogP contribution in [0.1, 0.15) is 22.0 Å². The summed E-state index contributed by atoms with van der Waals surface area (Å²) in [5.74, 6) is 1.35. The Morgan fingerprint density at radius 3 is 2.79 bits per heavy atom. The third-order valence-corrected chi connectivity index (χ3v) is 3.50. The van der Waals surface area contributed by atoms with Crippen LogP contribution in [0.5, 0.6) is 0 Å². The summed E-state index contributed by atoms with van der Waals surface area (Å²) in [5, 5.41) is 6.81. The van der Waals surface area contributed by atoms with Crippen molar-refractivity contribution in [2.24, 2.45) is 0 Å². The van der Waals surface area contributed by atoms with Gasteiger partial charge < -0.3 is 4.90 Å². The number of carbonyl (C=O) groups excluding carboxylic acids is 1. The normalized spacial score (nSPS) is 10.5. The minimum absolute atomic E-state index is 0.0209. The second kappa shape index (κ2) is 5.88. The van der Waals surface area contributed by atoms with Gasteiger partial charge in [-0.2, -0.15) is 5.10 Å². The van der Waals surface area contributed by atoms with Gasteiger partial charge in [0.1, 0.15) is 5.82 Å². The third kappa shape index (κ3) is 3.14. The van der Waals surface area contributed by atoms with Gasteiger partial charge in [0.15, 0.2) is 5.82 Å². The van der Waals surface area contributed by atoms with Crippen molar-refractivity contribution in [1.82, 2.24) is 20.1 Å². The molecule has 0 aliphatic carbocycles. The maximum atomic E-state index is 12.4. The molecule has 0 saturated heterocycles. The number of carbonyl (C=O) groups is 1. The topological polar surface area (TPSA) is 61.9 Å². The Hall–Kier alpha value is -1.82. The van der Waals surface area contributed by atoms with Gasteiger partial charge in [0.2, 0.25) is 0 Å². The van der Waals surface area contributed by atoms with Gasteiger partial charge in [0.25, 0.3) is 5.91 Å². The summed E-state index contributed by atoms with van der Waals surface area (Å²) < 4.78 is 0. The lowest BCUT2D eigenvalue weighted by molar-refractivity contribution is 0.0778. The standard InChI is InChI=1S/C13H16N4OS/c1-9-14-12(16-15-9)8-17(2)13(18)10-6-4-5-7-11(10)19-3/h4-7H,8H2,1-3H3,(H,14,15,16). The Morgan fingerprint density at radius 2 is 2.16 bits per heavy atom. The fraction of sp³-hybridized carbons (Fsp3) is 0.308. The van der Waals surface area contributed by atoms with Crippen molar-refractivity contribution in [3.8, 4) is 0 Å². The lowest BCUT2D eigenvalue weighted by Gasteiger charge is -2.16. The number of nitrogens with one attached hydrogen (secondary N) is 1. The van der Waals surface area contributed by atoms with E-state index in [0.717, 1.165) is 10.7 Å². The summed E-state index contributed by atoms with van der Waals surface area (Å²) in [5.41, 5.74) is 0.713. The van der Waals surface area contributed by atoms with Gasteiger partial charge in [-0.15, -0.1) is 11.8 Å². The number of aromatic amines is 1. The van der Waals surface area contributed by atoms with Gasteiger partial charge in [-0.25, -0.2) is 4.98 Å². The van der Waals surface area contributed by atoms with E-state index in [2.05, 4.69) is 15.2 Å². The van der Waals surface area contributed by atoms with Crippen molar-refractivity contribution in [3.63, 3.8) is 0 Å². The van der Waals surface area contributed by atoms with Gasteiger partial charge in [0, 0.05) is 11.9 Å². The molecule has 0 saturated carbocycles. The Morgan fingerprint density at radius 1 is 1.42 bits per heavy atom. The van der Waals surface area contributed by atoms with Crippen LogP contribution in [0.4, 0.5) is 0 Å². The van der Waals surface area contributed by atoms with E-state index < -0.39 is 0 Å². The van der Waals surface area contributed by atoms with Gasteiger partial charge in [-0.05, 0) is 25.3 Å². The van der Waals surface area contributed by atoms with E-state index in [9.17, 15) is 4.79 Å². The van der Waals surface area contributed by atoms with Crippen molar-refractivity contribution in [2.45, 2.75) is 18.4 Å². The average molecular weight is 276 g/mol. The number of rotatable bonds is 4. The van der Waals surface area contributed by atoms with Crippen LogP contribution >= 0.6 is 11.8 Å². The first-order valence-corrected chi connectivity index (χ1v) is 7.10. The second-order valence-corrected chi connectivity index (χ2v) is 5.05. The molecule has 0 aliphatic rings. The van der Waals surface area contributed by atoms with Crippen molar-refractivity contribution in [2.75, 3.05) is 13.3 Å². The zero-order chi connectivity index (χ0) is 13.8. The van der Waals surface area contributed by atoms with Crippen LogP contribution in [-0.2, 0) is 6.54 Å². The molecule has 6 heteroatoms. The number of aromatic nitrogens is 3. The molecule has 1 heterocycles. The first-order valence-electron chi connectivity index (χ1n) is 5.88. The molecule has 1 N–H and O–H groups in total. The Labute approximate surface area is 116 Å². The molecule has 1 aromatic heterocycles. The first kappa shape index (κ1) is 13.6. The SMILES string of the molecule is CSc1ccccc1C(=O)N(C)Cc1n[nH]c(C)n1. The smallest absolute Gasteiger partial charge is 0.255 e. The maximum Gasteiger partial charge on any atom is 0.255 e. The molecule has 19 heavy (non-hydrogen) atoms. The first-order chi connectivity index (χ1) is 9.11. The van der Waals surface area contributed by atoms with Crippen LogP contribution in [0.15, 0.2) is 29.2 Å². The average Bonchev–Trinajstić information content (AvgIpc) is 2.83. The molecular formula is C13H16N4OS. The van der Waals surface area contributed by atoms with E-state index in [4.69, 9.17) is 0 Å². The summed E-state index contributed by atoms with van der Waals surface area (Å²) in [6.45, 7) is 2.23. The molecule has 2 aromatic rings. The number of H-pyrrole nitrogens is 1. The van der Waals surface area contributed by atoms with Crippen molar-refractivity contribution in [1.29, 1.82) is 0 Å². The molecular weight excluding hydrogens is 260 g/mol. The monoisotopic (exact) mass is 276 g/mol. The van der Waals surface area contributed by atoms with Crippen LogP contribution in [0.2, 0.25) is 0 Å². The zero-order valence-electron chi connectivity index (χ0n) is 11.2. The highest BCUT2D eigenvalue weighted by atomic mass is 32.2. The van der Waals surface area contributed by atoms with Crippen LogP contribution in [0, 0.1) is 6.92 Å². The fourth-order valence-corrected chi connectivity index (χ4v) is 2.36. The minimum Gasteiger partial charge on any atom is -0.334 e. The quantitative estimate of drug-likeness (QED) is 0.869. The fourth-order valence-electron chi connectivity index (χ4n) is 1.77. The molecule has 2 rings (SSSR count). The van der Waals surface area contributed by atoms with Gasteiger partial charge in [-0.3, -0.25) is 9.89 Å². The van der Waals surface area contributed by atoms with E-state index in [1.807, 2.05) is 37.4 Å². The van der Waals surface area contributed by atoms with E-state index in [0.29, 0.717) is 17.9 Å². The van der Waals surface area contributed by atoms with E-state index >= 15 is 0 Å². The molecule has 100 valence electrons. The number of benzene rings is 1. The van der Waals surface area contributed by atoms with Crippen LogP contribution < -0.4 is 0 Å². The van der Waals surface area contributed by atoms with Crippen molar-refractivity contribution < 1.29 is 4.79 Å². The van der Waals surface area contributed by atoms with Gasteiger partial charge in [-0.1, -0.05) is 12.1 Å². The van der Waals surface area contributed by atoms with Crippen LogP contribution in [0.25, 0.3) is 0 Å². The summed E-state index contributed by atoms with van der Waals surface area (Å²) in [6, 6.07) is 7.59. The summed E-state index contributed by atoms with van der Waals surface area (Å²) in [7, 11) is 1.76. The predicted molar refractivity (Wildman–Crippen MR) is 75.1 cm³/mol. The molecule has 0 bridgehead atoms. The van der Waals surface area contributed by atoms with Crippen LogP contribution in [0.3, 0.4) is 0 Å².